The largest absolute Gasteiger partial charge is 0.311 e. The molecule has 0 fully saturated rings. The minimum absolute atomic E-state index is 1.09. The van der Waals surface area contributed by atoms with Gasteiger partial charge in [-0.2, -0.15) is 0 Å². The summed E-state index contributed by atoms with van der Waals surface area (Å²) in [6.45, 7) is 0. The molecule has 0 atom stereocenters. The minimum atomic E-state index is 1.09. The summed E-state index contributed by atoms with van der Waals surface area (Å²) in [5.74, 6) is 0. The summed E-state index contributed by atoms with van der Waals surface area (Å²) >= 11 is 0. The molecule has 0 radical (unpaired) electrons. The van der Waals surface area contributed by atoms with Crippen LogP contribution >= 0.6 is 0 Å². The first-order valence-corrected chi connectivity index (χ1v) is 28.8. The third-order valence-corrected chi connectivity index (χ3v) is 17.7. The number of rotatable bonds is 9. The van der Waals surface area contributed by atoms with Gasteiger partial charge in [-0.3, -0.25) is 0 Å². The first kappa shape index (κ1) is 47.0. The maximum absolute atomic E-state index is 2.39. The van der Waals surface area contributed by atoms with Gasteiger partial charge in [-0.15, -0.1) is 0 Å². The lowest BCUT2D eigenvalue weighted by Crippen LogP contribution is -2.09. The molecule has 1 nitrogen and oxygen atoms in total. The van der Waals surface area contributed by atoms with Gasteiger partial charge in [0.25, 0.3) is 0 Å². The highest BCUT2D eigenvalue weighted by atomic mass is 15.1. The summed E-state index contributed by atoms with van der Waals surface area (Å²) in [5, 5.41) is 10.2. The van der Waals surface area contributed by atoms with Gasteiger partial charge in [0.2, 0.25) is 0 Å². The van der Waals surface area contributed by atoms with Crippen LogP contribution in [0.15, 0.2) is 309 Å². The summed E-state index contributed by atoms with van der Waals surface area (Å²) in [7, 11) is 0. The number of hydrogen-bond donors (Lipinski definition) is 0. The average molecular weight is 1050 g/mol. The van der Waals surface area contributed by atoms with Gasteiger partial charge in [0.1, 0.15) is 0 Å². The Kier molecular flexibility index (Phi) is 10.7. The topological polar surface area (TPSA) is 3.24 Å². The maximum Gasteiger partial charge on any atom is 0.0462 e. The minimum Gasteiger partial charge on any atom is -0.311 e. The lowest BCUT2D eigenvalue weighted by Gasteiger charge is -2.26. The van der Waals surface area contributed by atoms with Crippen molar-refractivity contribution in [3.05, 3.63) is 309 Å². The van der Waals surface area contributed by atoms with Gasteiger partial charge < -0.3 is 4.90 Å². The number of para-hydroxylation sites is 1. The summed E-state index contributed by atoms with van der Waals surface area (Å²) in [6.07, 6.45) is 0. The van der Waals surface area contributed by atoms with Crippen molar-refractivity contribution in [2.45, 2.75) is 0 Å². The van der Waals surface area contributed by atoms with Gasteiger partial charge in [-0.05, 0) is 191 Å². The van der Waals surface area contributed by atoms with Crippen molar-refractivity contribution in [3.8, 4) is 111 Å². The average Bonchev–Trinajstić information content (AvgIpc) is 1.96. The van der Waals surface area contributed by atoms with E-state index in [2.05, 4.69) is 314 Å². The number of nitrogens with zero attached hydrogens (tertiary/aromatic N) is 1. The van der Waals surface area contributed by atoms with E-state index in [9.17, 15) is 0 Å². The molecule has 15 aromatic rings. The van der Waals surface area contributed by atoms with Crippen molar-refractivity contribution in [2.24, 2.45) is 0 Å². The summed E-state index contributed by atoms with van der Waals surface area (Å²) in [6, 6.07) is 114. The van der Waals surface area contributed by atoms with Crippen molar-refractivity contribution in [3.63, 3.8) is 0 Å². The Morgan fingerprint density at radius 3 is 0.723 bits per heavy atom. The van der Waals surface area contributed by atoms with Crippen LogP contribution in [0.1, 0.15) is 0 Å². The summed E-state index contributed by atoms with van der Waals surface area (Å²) in [5.41, 5.74) is 28.6. The smallest absolute Gasteiger partial charge is 0.0462 e. The van der Waals surface area contributed by atoms with E-state index < -0.39 is 0 Å². The molecule has 1 heteroatoms. The zero-order valence-electron chi connectivity index (χ0n) is 45.4. The van der Waals surface area contributed by atoms with Crippen LogP contribution in [-0.4, -0.2) is 0 Å². The third kappa shape index (κ3) is 7.21. The van der Waals surface area contributed by atoms with E-state index in [0.29, 0.717) is 0 Å². The van der Waals surface area contributed by atoms with Crippen LogP contribution in [0.25, 0.3) is 154 Å². The Hall–Kier alpha value is -10.9. The molecule has 384 valence electrons. The van der Waals surface area contributed by atoms with Crippen LogP contribution in [0, 0.1) is 0 Å². The molecule has 0 aliphatic heterocycles. The van der Waals surface area contributed by atoms with Gasteiger partial charge in [0.15, 0.2) is 0 Å². The number of anilines is 3. The Morgan fingerprint density at radius 1 is 0.145 bits per heavy atom. The molecular formula is C82H51N. The van der Waals surface area contributed by atoms with E-state index >= 15 is 0 Å². The van der Waals surface area contributed by atoms with Crippen LogP contribution in [0.3, 0.4) is 0 Å². The highest BCUT2D eigenvalue weighted by Gasteiger charge is 2.33. The van der Waals surface area contributed by atoms with Gasteiger partial charge in [-0.1, -0.05) is 273 Å². The fourth-order valence-electron chi connectivity index (χ4n) is 14.3. The summed E-state index contributed by atoms with van der Waals surface area (Å²) in [4.78, 5) is 2.38. The first-order chi connectivity index (χ1) is 41.2. The molecule has 0 unspecified atom stereocenters. The molecule has 15 aromatic carbocycles. The molecule has 0 bridgehead atoms. The molecular weight excluding hydrogens is 999 g/mol. The SMILES string of the molecule is c1ccc(-c2c3c(c(-c4ccccc4)c4ccccc24)-c2ccc(-c4ccc(N(c5ccccc5)c5ccc(-c6ccc7c8c(cccc68)-c6c-7c(-c7ccccc7)c7ccccc7c6-c6ccccc6)cc5)cc4)c4cccc-3c24)cc1. The predicted molar refractivity (Wildman–Crippen MR) is 353 cm³/mol. The summed E-state index contributed by atoms with van der Waals surface area (Å²) < 4.78 is 0. The van der Waals surface area contributed by atoms with Crippen molar-refractivity contribution < 1.29 is 0 Å². The van der Waals surface area contributed by atoms with Gasteiger partial charge in [0, 0.05) is 17.1 Å². The molecule has 2 aliphatic rings. The second-order valence-corrected chi connectivity index (χ2v) is 22.1. The zero-order chi connectivity index (χ0) is 54.5. The monoisotopic (exact) mass is 1050 g/mol. The molecule has 2 aliphatic carbocycles. The Labute approximate surface area is 482 Å². The highest BCUT2D eigenvalue weighted by molar-refractivity contribution is 6.30. The van der Waals surface area contributed by atoms with Crippen molar-refractivity contribution >= 4 is 60.2 Å². The van der Waals surface area contributed by atoms with Crippen LogP contribution in [-0.2, 0) is 0 Å². The van der Waals surface area contributed by atoms with Crippen molar-refractivity contribution in [1.82, 2.24) is 0 Å². The lowest BCUT2D eigenvalue weighted by atomic mass is 9.82. The third-order valence-electron chi connectivity index (χ3n) is 17.7. The molecule has 83 heavy (non-hydrogen) atoms. The predicted octanol–water partition coefficient (Wildman–Crippen LogP) is 23.1. The molecule has 0 heterocycles. The van der Waals surface area contributed by atoms with Crippen molar-refractivity contribution in [1.29, 1.82) is 0 Å². The normalized spacial score (nSPS) is 11.9. The van der Waals surface area contributed by atoms with E-state index in [4.69, 9.17) is 0 Å². The van der Waals surface area contributed by atoms with Crippen molar-refractivity contribution in [2.75, 3.05) is 4.90 Å². The van der Waals surface area contributed by atoms with Crippen LogP contribution < -0.4 is 4.90 Å². The lowest BCUT2D eigenvalue weighted by molar-refractivity contribution is 1.28. The molecule has 0 spiro atoms. The Balaban J connectivity index is 0.768. The molecule has 17 rings (SSSR count). The van der Waals surface area contributed by atoms with E-state index in [0.717, 1.165) is 17.1 Å². The fraction of sp³-hybridized carbons (Fsp3) is 0. The van der Waals surface area contributed by atoms with E-state index in [1.54, 1.807) is 0 Å². The molecule has 0 N–H and O–H groups in total. The standard InChI is InChI=1S/C82H51N/c1-6-22-54(23-7-1)73-65-32-16-18-34-67(65)75(56-26-10-3-11-27-56)81-71-50-48-61(63-36-20-38-69(77(63)71)79(73)81)52-40-44-59(45-41-52)83(58-30-14-5-15-31-58)60-46-42-53(43-47-60)62-49-51-72-78-64(62)37-21-39-70(78)80-74(55-24-8-2-9-25-55)66-33-17-19-35-68(66)76(82(72)80)57-28-12-4-13-29-57/h1-51H. The molecule has 0 amide bonds. The molecule has 0 aromatic heterocycles. The van der Waals surface area contributed by atoms with Gasteiger partial charge >= 0.3 is 0 Å². The van der Waals surface area contributed by atoms with E-state index in [-0.39, 0.29) is 0 Å². The fourth-order valence-corrected chi connectivity index (χ4v) is 14.3. The number of benzene rings is 15. The van der Waals surface area contributed by atoms with Crippen LogP contribution in [0.4, 0.5) is 17.1 Å². The van der Waals surface area contributed by atoms with Gasteiger partial charge in [-0.25, -0.2) is 0 Å². The quantitative estimate of drug-likeness (QED) is 0.139. The zero-order valence-corrected chi connectivity index (χ0v) is 45.4. The highest BCUT2D eigenvalue weighted by Crippen LogP contribution is 2.61. The first-order valence-electron chi connectivity index (χ1n) is 28.8. The second-order valence-electron chi connectivity index (χ2n) is 22.1. The van der Waals surface area contributed by atoms with Crippen LogP contribution in [0.2, 0.25) is 0 Å². The van der Waals surface area contributed by atoms with E-state index in [1.807, 2.05) is 0 Å². The Morgan fingerprint density at radius 2 is 0.398 bits per heavy atom. The number of fused-ring (bicyclic) bond motifs is 8. The maximum atomic E-state index is 2.39. The van der Waals surface area contributed by atoms with E-state index in [1.165, 1.54) is 154 Å². The molecule has 0 saturated heterocycles. The molecule has 0 saturated carbocycles. The second kappa shape index (κ2) is 18.9. The number of hydrogen-bond acceptors (Lipinski definition) is 1. The van der Waals surface area contributed by atoms with Crippen LogP contribution in [0.5, 0.6) is 0 Å². The Bertz CT molecular complexity index is 4580. The van der Waals surface area contributed by atoms with Gasteiger partial charge in [0.05, 0.1) is 0 Å².